The van der Waals surface area contributed by atoms with Crippen molar-refractivity contribution < 1.29 is 0 Å². The highest BCUT2D eigenvalue weighted by atomic mass is 32.1. The molecule has 0 aliphatic rings. The minimum Gasteiger partial charge on any atom is -0.142 e. The average molecular weight is 311 g/mol. The molecule has 0 aliphatic heterocycles. The Morgan fingerprint density at radius 2 is 1.11 bits per heavy atom. The second kappa shape index (κ2) is 5.45. The van der Waals surface area contributed by atoms with E-state index in [1.807, 2.05) is 6.92 Å². The summed E-state index contributed by atoms with van der Waals surface area (Å²) in [6.07, 6.45) is 0. The highest BCUT2D eigenvalue weighted by Crippen LogP contribution is 2.42. The Balaban J connectivity index is 2.75. The van der Waals surface area contributed by atoms with Gasteiger partial charge in [-0.25, -0.2) is 0 Å². The predicted octanol–water partition coefficient (Wildman–Crippen LogP) is 5.13. The molecule has 0 saturated carbocycles. The van der Waals surface area contributed by atoms with Crippen LogP contribution in [0.3, 0.4) is 0 Å². The lowest BCUT2D eigenvalue weighted by Gasteiger charge is -2.16. The molecule has 0 spiro atoms. The van der Waals surface area contributed by atoms with Crippen LogP contribution in [-0.2, 0) is 0 Å². The highest BCUT2D eigenvalue weighted by molar-refractivity contribution is 7.85. The predicted molar refractivity (Wildman–Crippen MR) is 90.4 cm³/mol. The van der Waals surface area contributed by atoms with E-state index in [2.05, 4.69) is 81.7 Å². The molecule has 18 heavy (non-hydrogen) atoms. The molecular formula is C14H14S4. The molecule has 0 aliphatic carbocycles. The topological polar surface area (TPSA) is 0 Å². The van der Waals surface area contributed by atoms with Crippen molar-refractivity contribution in [2.24, 2.45) is 0 Å². The van der Waals surface area contributed by atoms with Gasteiger partial charge in [0.2, 0.25) is 0 Å². The summed E-state index contributed by atoms with van der Waals surface area (Å²) >= 11 is 18.2. The van der Waals surface area contributed by atoms with Crippen LogP contribution in [0.15, 0.2) is 43.8 Å². The van der Waals surface area contributed by atoms with E-state index in [1.54, 1.807) is 0 Å². The van der Waals surface area contributed by atoms with E-state index in [0.29, 0.717) is 0 Å². The lowest BCUT2D eigenvalue weighted by molar-refractivity contribution is 1.04. The number of hydrogen-bond donors (Lipinski definition) is 4. The van der Waals surface area contributed by atoms with Gasteiger partial charge in [-0.15, -0.1) is 50.5 Å². The van der Waals surface area contributed by atoms with Gasteiger partial charge < -0.3 is 0 Å². The third kappa shape index (κ3) is 2.44. The maximum atomic E-state index is 4.58. The summed E-state index contributed by atoms with van der Waals surface area (Å²) in [6, 6.07) is 8.29. The third-order valence-corrected chi connectivity index (χ3v) is 5.34. The molecular weight excluding hydrogens is 296 g/mol. The Bertz CT molecular complexity index is 571. The Morgan fingerprint density at radius 3 is 1.56 bits per heavy atom. The van der Waals surface area contributed by atoms with Crippen molar-refractivity contribution in [2.75, 3.05) is 0 Å². The summed E-state index contributed by atoms with van der Waals surface area (Å²) in [5, 5.41) is 0. The van der Waals surface area contributed by atoms with Crippen LogP contribution in [-0.4, -0.2) is 0 Å². The van der Waals surface area contributed by atoms with Crippen LogP contribution in [0.25, 0.3) is 11.1 Å². The normalized spacial score (nSPS) is 10.8. The zero-order valence-corrected chi connectivity index (χ0v) is 13.7. The van der Waals surface area contributed by atoms with E-state index in [4.69, 9.17) is 0 Å². The summed E-state index contributed by atoms with van der Waals surface area (Å²) in [4.78, 5) is 3.42. The molecule has 0 saturated heterocycles. The van der Waals surface area contributed by atoms with Crippen molar-refractivity contribution in [3.8, 4) is 11.1 Å². The van der Waals surface area contributed by atoms with Crippen LogP contribution >= 0.6 is 50.5 Å². The smallest absolute Gasteiger partial charge is 0.0267 e. The number of rotatable bonds is 1. The van der Waals surface area contributed by atoms with E-state index in [0.717, 1.165) is 36.3 Å². The molecule has 2 aromatic carbocycles. The summed E-state index contributed by atoms with van der Waals surface area (Å²) < 4.78 is 0. The van der Waals surface area contributed by atoms with Crippen molar-refractivity contribution in [1.82, 2.24) is 0 Å². The zero-order chi connectivity index (χ0) is 13.4. The molecule has 4 heteroatoms. The van der Waals surface area contributed by atoms with Crippen molar-refractivity contribution in [3.05, 3.63) is 35.4 Å². The first-order chi connectivity index (χ1) is 8.43. The van der Waals surface area contributed by atoms with Crippen LogP contribution < -0.4 is 0 Å². The molecule has 0 fully saturated rings. The Labute approximate surface area is 130 Å². The van der Waals surface area contributed by atoms with Gasteiger partial charge in [-0.05, 0) is 25.0 Å². The van der Waals surface area contributed by atoms with Crippen molar-refractivity contribution in [3.63, 3.8) is 0 Å². The van der Waals surface area contributed by atoms with Crippen LogP contribution in [0.5, 0.6) is 0 Å². The summed E-state index contributed by atoms with van der Waals surface area (Å²) in [5.41, 5.74) is 4.31. The van der Waals surface area contributed by atoms with Gasteiger partial charge in [0, 0.05) is 25.1 Å². The minimum atomic E-state index is 0.850. The fourth-order valence-corrected chi connectivity index (χ4v) is 3.25. The van der Waals surface area contributed by atoms with Crippen LogP contribution in [0.1, 0.15) is 11.1 Å². The van der Waals surface area contributed by atoms with Gasteiger partial charge in [-0.1, -0.05) is 29.8 Å². The van der Waals surface area contributed by atoms with Crippen molar-refractivity contribution in [2.45, 2.75) is 33.4 Å². The van der Waals surface area contributed by atoms with Crippen LogP contribution in [0.4, 0.5) is 0 Å². The summed E-state index contributed by atoms with van der Waals surface area (Å²) in [5.74, 6) is 0. The molecule has 0 aromatic heterocycles. The van der Waals surface area contributed by atoms with Gasteiger partial charge in [0.15, 0.2) is 0 Å². The standard InChI is InChI=1S/C14H14S4/c1-7-3-5-9(6-4-7)10-13(17)11(15)8(2)12(16)14(10)18/h3-6,15-18H,1-2H3. The van der Waals surface area contributed by atoms with Crippen LogP contribution in [0.2, 0.25) is 0 Å². The molecule has 2 rings (SSSR count). The van der Waals surface area contributed by atoms with E-state index >= 15 is 0 Å². The first-order valence-corrected chi connectivity index (χ1v) is 7.25. The molecule has 94 valence electrons. The Hall–Kier alpha value is -0.160. The monoisotopic (exact) mass is 310 g/mol. The number of aryl methyl sites for hydroxylation is 1. The molecule has 0 amide bonds. The second-order valence-electron chi connectivity index (χ2n) is 4.26. The molecule has 0 heterocycles. The van der Waals surface area contributed by atoms with E-state index < -0.39 is 0 Å². The average Bonchev–Trinajstić information content (AvgIpc) is 2.36. The van der Waals surface area contributed by atoms with E-state index in [9.17, 15) is 0 Å². The van der Waals surface area contributed by atoms with Crippen LogP contribution in [0, 0.1) is 13.8 Å². The van der Waals surface area contributed by atoms with Gasteiger partial charge >= 0.3 is 0 Å². The molecule has 2 aromatic rings. The SMILES string of the molecule is Cc1ccc(-c2c(S)c(S)c(C)c(S)c2S)cc1. The van der Waals surface area contributed by atoms with Gasteiger partial charge in [-0.3, -0.25) is 0 Å². The first kappa shape index (κ1) is 14.3. The minimum absolute atomic E-state index is 0.850. The Kier molecular flexibility index (Phi) is 4.32. The quantitative estimate of drug-likeness (QED) is 0.516. The van der Waals surface area contributed by atoms with Crippen molar-refractivity contribution >= 4 is 50.5 Å². The fourth-order valence-electron chi connectivity index (χ4n) is 1.81. The first-order valence-electron chi connectivity index (χ1n) is 5.47. The van der Waals surface area contributed by atoms with Crippen molar-refractivity contribution in [1.29, 1.82) is 0 Å². The molecule has 0 radical (unpaired) electrons. The molecule has 0 bridgehead atoms. The number of hydrogen-bond acceptors (Lipinski definition) is 4. The third-order valence-electron chi connectivity index (χ3n) is 2.97. The molecule has 0 unspecified atom stereocenters. The van der Waals surface area contributed by atoms with Gasteiger partial charge in [0.05, 0.1) is 0 Å². The molecule has 0 atom stereocenters. The molecule has 0 N–H and O–H groups in total. The lowest BCUT2D eigenvalue weighted by Crippen LogP contribution is -1.91. The highest BCUT2D eigenvalue weighted by Gasteiger charge is 2.15. The lowest BCUT2D eigenvalue weighted by atomic mass is 10.0. The van der Waals surface area contributed by atoms with Gasteiger partial charge in [-0.2, -0.15) is 0 Å². The maximum absolute atomic E-state index is 4.58. The van der Waals surface area contributed by atoms with E-state index in [1.165, 1.54) is 5.56 Å². The largest absolute Gasteiger partial charge is 0.142 e. The van der Waals surface area contributed by atoms with E-state index in [-0.39, 0.29) is 0 Å². The molecule has 0 nitrogen and oxygen atoms in total. The second-order valence-corrected chi connectivity index (χ2v) is 6.05. The maximum Gasteiger partial charge on any atom is 0.0267 e. The van der Waals surface area contributed by atoms with Gasteiger partial charge in [0.1, 0.15) is 0 Å². The zero-order valence-electron chi connectivity index (χ0n) is 10.1. The summed E-state index contributed by atoms with van der Waals surface area (Å²) in [6.45, 7) is 4.04. The number of benzene rings is 2. The fraction of sp³-hybridized carbons (Fsp3) is 0.143. The van der Waals surface area contributed by atoms with Gasteiger partial charge in [0.25, 0.3) is 0 Å². The number of thiol groups is 4. The summed E-state index contributed by atoms with van der Waals surface area (Å²) in [7, 11) is 0. The Morgan fingerprint density at radius 1 is 0.667 bits per heavy atom.